The van der Waals surface area contributed by atoms with E-state index in [0.717, 1.165) is 0 Å². The van der Waals surface area contributed by atoms with Crippen LogP contribution in [-0.4, -0.2) is 42.6 Å². The Bertz CT molecular complexity index is 581. The maximum absolute atomic E-state index is 11.7. The molecule has 0 heterocycles. The highest BCUT2D eigenvalue weighted by molar-refractivity contribution is 5.64. The zero-order valence-corrected chi connectivity index (χ0v) is 15.0. The van der Waals surface area contributed by atoms with Crippen LogP contribution >= 0.6 is 0 Å². The first kappa shape index (κ1) is 20.9. The minimum atomic E-state index is -0.891. The van der Waals surface area contributed by atoms with Gasteiger partial charge in [-0.1, -0.05) is 27.7 Å². The van der Waals surface area contributed by atoms with E-state index in [1.54, 1.807) is 0 Å². The summed E-state index contributed by atoms with van der Waals surface area (Å²) in [6, 6.07) is 5.13. The molecule has 0 spiro atoms. The summed E-state index contributed by atoms with van der Waals surface area (Å²) in [5, 5.41) is 19.7. The molecule has 0 atom stereocenters. The van der Waals surface area contributed by atoms with Crippen molar-refractivity contribution in [3.05, 3.63) is 34.4 Å². The Kier molecular flexibility index (Phi) is 7.32. The van der Waals surface area contributed by atoms with Gasteiger partial charge in [-0.3, -0.25) is 10.1 Å². The van der Waals surface area contributed by atoms with E-state index >= 15 is 0 Å². The maximum Gasteiger partial charge on any atom is 0.513 e. The topological polar surface area (TPSA) is 108 Å². The number of carbonyl (C=O) groups is 1. The molecule has 0 aromatic heterocycles. The molecule has 0 saturated carbocycles. The fourth-order valence-corrected chi connectivity index (χ4v) is 1.71. The third-order valence-electron chi connectivity index (χ3n) is 3.24. The Hall–Kier alpha value is -2.19. The van der Waals surface area contributed by atoms with Gasteiger partial charge in [-0.05, 0) is 12.1 Å². The molecule has 0 fully saturated rings. The van der Waals surface area contributed by atoms with Crippen LogP contribution in [0.15, 0.2) is 24.3 Å². The maximum atomic E-state index is 11.7. The molecule has 0 saturated heterocycles. The van der Waals surface area contributed by atoms with Crippen LogP contribution in [0.5, 0.6) is 5.75 Å². The Morgan fingerprint density at radius 1 is 1.08 bits per heavy atom. The zero-order chi connectivity index (χ0) is 19.1. The van der Waals surface area contributed by atoms with Crippen LogP contribution in [0.25, 0.3) is 0 Å². The van der Waals surface area contributed by atoms with Crippen LogP contribution in [0.1, 0.15) is 27.7 Å². The number of non-ortho nitro benzene ring substituents is 1. The van der Waals surface area contributed by atoms with Crippen molar-refractivity contribution < 1.29 is 29.0 Å². The third-order valence-corrected chi connectivity index (χ3v) is 3.24. The number of benzene rings is 1. The first-order chi connectivity index (χ1) is 11.5. The quantitative estimate of drug-likeness (QED) is 0.314. The van der Waals surface area contributed by atoms with E-state index in [2.05, 4.69) is 0 Å². The standard InChI is InChI=1S/C17H25NO7/c1-16(2,9-19)10-23-11-17(3,4)12-24-15(20)25-14-7-5-13(6-8-14)18(21)22/h5-8,19H,9-12H2,1-4H3. The molecule has 8 nitrogen and oxygen atoms in total. The summed E-state index contributed by atoms with van der Waals surface area (Å²) in [4.78, 5) is 21.7. The van der Waals surface area contributed by atoms with E-state index in [-0.39, 0.29) is 30.1 Å². The summed E-state index contributed by atoms with van der Waals surface area (Å²) in [5.41, 5.74) is -0.851. The fourth-order valence-electron chi connectivity index (χ4n) is 1.71. The first-order valence-corrected chi connectivity index (χ1v) is 7.82. The average molecular weight is 355 g/mol. The Morgan fingerprint density at radius 3 is 2.16 bits per heavy atom. The molecule has 8 heteroatoms. The van der Waals surface area contributed by atoms with Crippen molar-refractivity contribution in [1.82, 2.24) is 0 Å². The lowest BCUT2D eigenvalue weighted by molar-refractivity contribution is -0.384. The summed E-state index contributed by atoms with van der Waals surface area (Å²) >= 11 is 0. The third kappa shape index (κ3) is 7.95. The molecule has 1 rings (SSSR count). The van der Waals surface area contributed by atoms with Gasteiger partial charge >= 0.3 is 6.16 Å². The van der Waals surface area contributed by atoms with E-state index in [9.17, 15) is 20.0 Å². The summed E-state index contributed by atoms with van der Waals surface area (Å²) in [5.74, 6) is 0.161. The molecule has 0 radical (unpaired) electrons. The lowest BCUT2D eigenvalue weighted by Gasteiger charge is -2.27. The number of carbonyl (C=O) groups excluding carboxylic acids is 1. The number of hydrogen-bond acceptors (Lipinski definition) is 7. The van der Waals surface area contributed by atoms with Crippen LogP contribution in [0, 0.1) is 20.9 Å². The summed E-state index contributed by atoms with van der Waals surface area (Å²) < 4.78 is 15.6. The van der Waals surface area contributed by atoms with Crippen molar-refractivity contribution in [1.29, 1.82) is 0 Å². The zero-order valence-electron chi connectivity index (χ0n) is 15.0. The van der Waals surface area contributed by atoms with Gasteiger partial charge < -0.3 is 19.3 Å². The molecule has 25 heavy (non-hydrogen) atoms. The van der Waals surface area contributed by atoms with Gasteiger partial charge in [-0.2, -0.15) is 0 Å². The van der Waals surface area contributed by atoms with Gasteiger partial charge in [-0.15, -0.1) is 0 Å². The summed E-state index contributed by atoms with van der Waals surface area (Å²) in [6.45, 7) is 8.36. The van der Waals surface area contributed by atoms with Crippen molar-refractivity contribution >= 4 is 11.8 Å². The van der Waals surface area contributed by atoms with Crippen LogP contribution in [0.2, 0.25) is 0 Å². The second kappa shape index (κ2) is 8.77. The minimum Gasteiger partial charge on any atom is -0.433 e. The monoisotopic (exact) mass is 355 g/mol. The number of aliphatic hydroxyl groups excluding tert-OH is 1. The Labute approximate surface area is 146 Å². The molecular weight excluding hydrogens is 330 g/mol. The molecule has 0 aliphatic rings. The second-order valence-electron chi connectivity index (χ2n) is 7.37. The van der Waals surface area contributed by atoms with E-state index in [4.69, 9.17) is 14.2 Å². The lowest BCUT2D eigenvalue weighted by atomic mass is 9.94. The molecule has 140 valence electrons. The van der Waals surface area contributed by atoms with Gasteiger partial charge in [0.2, 0.25) is 0 Å². The van der Waals surface area contributed by atoms with Gasteiger partial charge in [-0.25, -0.2) is 4.79 Å². The van der Waals surface area contributed by atoms with Crippen LogP contribution < -0.4 is 4.74 Å². The molecule has 1 aromatic rings. The number of nitro benzene ring substituents is 1. The molecule has 1 aromatic carbocycles. The van der Waals surface area contributed by atoms with Gasteiger partial charge in [0.25, 0.3) is 5.69 Å². The second-order valence-corrected chi connectivity index (χ2v) is 7.37. The molecule has 0 bridgehead atoms. The number of hydrogen-bond donors (Lipinski definition) is 1. The van der Waals surface area contributed by atoms with Crippen molar-refractivity contribution in [3.63, 3.8) is 0 Å². The summed E-state index contributed by atoms with van der Waals surface area (Å²) in [6.07, 6.45) is -0.891. The smallest absolute Gasteiger partial charge is 0.433 e. The minimum absolute atomic E-state index is 0.0193. The molecule has 1 N–H and O–H groups in total. The van der Waals surface area contributed by atoms with Crippen molar-refractivity contribution in [3.8, 4) is 5.75 Å². The number of nitro groups is 1. The number of nitrogens with zero attached hydrogens (tertiary/aromatic N) is 1. The van der Waals surface area contributed by atoms with Gasteiger partial charge in [0.05, 0.1) is 24.7 Å². The summed E-state index contributed by atoms with van der Waals surface area (Å²) in [7, 11) is 0. The molecule has 0 aliphatic carbocycles. The predicted molar refractivity (Wildman–Crippen MR) is 90.5 cm³/mol. The van der Waals surface area contributed by atoms with Crippen molar-refractivity contribution in [2.45, 2.75) is 27.7 Å². The van der Waals surface area contributed by atoms with Crippen molar-refractivity contribution in [2.24, 2.45) is 10.8 Å². The molecule has 0 amide bonds. The highest BCUT2D eigenvalue weighted by Crippen LogP contribution is 2.21. The Balaban J connectivity index is 2.40. The largest absolute Gasteiger partial charge is 0.513 e. The predicted octanol–water partition coefficient (Wildman–Crippen LogP) is 3.17. The van der Waals surface area contributed by atoms with Crippen LogP contribution in [-0.2, 0) is 9.47 Å². The molecule has 0 aliphatic heterocycles. The van der Waals surface area contributed by atoms with Gasteiger partial charge in [0.15, 0.2) is 0 Å². The fraction of sp³-hybridized carbons (Fsp3) is 0.588. The highest BCUT2D eigenvalue weighted by atomic mass is 16.7. The van der Waals surface area contributed by atoms with E-state index in [1.165, 1.54) is 24.3 Å². The highest BCUT2D eigenvalue weighted by Gasteiger charge is 2.24. The first-order valence-electron chi connectivity index (χ1n) is 7.82. The van der Waals surface area contributed by atoms with E-state index < -0.39 is 16.5 Å². The SMILES string of the molecule is CC(C)(CO)COCC(C)(C)COC(=O)Oc1ccc([N+](=O)[O-])cc1. The van der Waals surface area contributed by atoms with E-state index in [0.29, 0.717) is 13.2 Å². The van der Waals surface area contributed by atoms with Crippen LogP contribution in [0.3, 0.4) is 0 Å². The molecule has 0 unspecified atom stereocenters. The van der Waals surface area contributed by atoms with E-state index in [1.807, 2.05) is 27.7 Å². The Morgan fingerprint density at radius 2 is 1.64 bits per heavy atom. The normalized spacial score (nSPS) is 11.9. The number of aliphatic hydroxyl groups is 1. The average Bonchev–Trinajstić information content (AvgIpc) is 2.53. The lowest BCUT2D eigenvalue weighted by Crippen LogP contribution is -2.31. The molecular formula is C17H25NO7. The number of ether oxygens (including phenoxy) is 3. The van der Waals surface area contributed by atoms with Crippen LogP contribution in [0.4, 0.5) is 10.5 Å². The number of rotatable bonds is 9. The van der Waals surface area contributed by atoms with Crippen molar-refractivity contribution in [2.75, 3.05) is 26.4 Å². The van der Waals surface area contributed by atoms with Gasteiger partial charge in [0, 0.05) is 23.0 Å². The van der Waals surface area contributed by atoms with Gasteiger partial charge in [0.1, 0.15) is 12.4 Å².